The number of carbonyl (C=O) groups is 1. The normalized spacial score (nSPS) is 10.8. The molecular weight excluding hydrogens is 209 g/mol. The smallest absolute Gasteiger partial charge is 0.348 e. The average Bonchev–Trinajstić information content (AvgIpc) is 2.29. The lowest BCUT2D eigenvalue weighted by Gasteiger charge is -1.99. The van der Waals surface area contributed by atoms with Crippen molar-refractivity contribution in [3.63, 3.8) is 0 Å². The van der Waals surface area contributed by atoms with Gasteiger partial charge in [-0.05, 0) is 36.3 Å². The van der Waals surface area contributed by atoms with E-state index in [0.717, 1.165) is 0 Å². The fourth-order valence-electron chi connectivity index (χ4n) is 1.17. The molecule has 0 saturated carbocycles. The molecule has 0 unspecified atom stereocenters. The van der Waals surface area contributed by atoms with Crippen LogP contribution in [0.15, 0.2) is 23.8 Å². The highest BCUT2D eigenvalue weighted by molar-refractivity contribution is 5.97. The highest BCUT2D eigenvalue weighted by Crippen LogP contribution is 2.12. The average molecular weight is 219 g/mol. The number of esters is 1. The van der Waals surface area contributed by atoms with Gasteiger partial charge in [-0.3, -0.25) is 0 Å². The molecule has 0 aliphatic rings. The number of nitriles is 1. The number of methoxy groups -OCH3 is 1. The summed E-state index contributed by atoms with van der Waals surface area (Å²) in [6.45, 7) is 1.61. The van der Waals surface area contributed by atoms with Gasteiger partial charge in [0.15, 0.2) is 0 Å². The van der Waals surface area contributed by atoms with E-state index in [-0.39, 0.29) is 11.4 Å². The number of rotatable bonds is 2. The number of benzene rings is 1. The van der Waals surface area contributed by atoms with E-state index in [2.05, 4.69) is 4.74 Å². The molecule has 4 heteroatoms. The first-order valence-electron chi connectivity index (χ1n) is 4.54. The van der Waals surface area contributed by atoms with Gasteiger partial charge in [-0.15, -0.1) is 0 Å². The number of hydrogen-bond donors (Lipinski definition) is 0. The van der Waals surface area contributed by atoms with Crippen molar-refractivity contribution in [3.8, 4) is 6.07 Å². The number of aryl methyl sites for hydroxylation is 1. The Morgan fingerprint density at radius 1 is 1.56 bits per heavy atom. The predicted molar refractivity (Wildman–Crippen MR) is 56.7 cm³/mol. The Morgan fingerprint density at radius 2 is 2.25 bits per heavy atom. The van der Waals surface area contributed by atoms with Crippen molar-refractivity contribution >= 4 is 12.0 Å². The van der Waals surface area contributed by atoms with Gasteiger partial charge in [0, 0.05) is 0 Å². The predicted octanol–water partition coefficient (Wildman–Crippen LogP) is 2.21. The summed E-state index contributed by atoms with van der Waals surface area (Å²) in [5.74, 6) is -1.03. The third kappa shape index (κ3) is 2.67. The number of hydrogen-bond acceptors (Lipinski definition) is 3. The molecule has 0 fully saturated rings. The first-order chi connectivity index (χ1) is 7.58. The summed E-state index contributed by atoms with van der Waals surface area (Å²) < 4.78 is 17.4. The van der Waals surface area contributed by atoms with Crippen LogP contribution in [-0.4, -0.2) is 13.1 Å². The summed E-state index contributed by atoms with van der Waals surface area (Å²) in [7, 11) is 1.20. The molecule has 0 saturated heterocycles. The summed E-state index contributed by atoms with van der Waals surface area (Å²) in [4.78, 5) is 11.1. The molecule has 1 aromatic carbocycles. The molecule has 1 aromatic rings. The lowest BCUT2D eigenvalue weighted by atomic mass is 10.1. The molecule has 0 radical (unpaired) electrons. The Bertz CT molecular complexity index is 486. The minimum Gasteiger partial charge on any atom is -0.465 e. The molecule has 0 atom stereocenters. The van der Waals surface area contributed by atoms with E-state index in [0.29, 0.717) is 11.1 Å². The molecule has 0 aliphatic carbocycles. The molecule has 82 valence electrons. The molecular formula is C12H10FNO2. The first-order valence-corrected chi connectivity index (χ1v) is 4.54. The van der Waals surface area contributed by atoms with E-state index in [9.17, 15) is 9.18 Å². The quantitative estimate of drug-likeness (QED) is 0.435. The van der Waals surface area contributed by atoms with Crippen LogP contribution in [0.4, 0.5) is 4.39 Å². The van der Waals surface area contributed by atoms with E-state index in [1.54, 1.807) is 19.1 Å². The summed E-state index contributed by atoms with van der Waals surface area (Å²) in [6.07, 6.45) is 1.36. The third-order valence-corrected chi connectivity index (χ3v) is 2.02. The summed E-state index contributed by atoms with van der Waals surface area (Å²) in [6, 6.07) is 6.05. The van der Waals surface area contributed by atoms with Crippen LogP contribution in [-0.2, 0) is 9.53 Å². The molecule has 1 rings (SSSR count). The largest absolute Gasteiger partial charge is 0.465 e. The van der Waals surface area contributed by atoms with Crippen LogP contribution < -0.4 is 0 Å². The van der Waals surface area contributed by atoms with Crippen molar-refractivity contribution in [2.75, 3.05) is 7.11 Å². The maximum Gasteiger partial charge on any atom is 0.348 e. The minimum absolute atomic E-state index is 0.117. The molecule has 0 amide bonds. The van der Waals surface area contributed by atoms with Crippen LogP contribution in [0.5, 0.6) is 0 Å². The minimum atomic E-state index is -0.704. The SMILES string of the molecule is COC(=O)C(C#N)=Cc1ccc(F)c(C)c1. The fourth-order valence-corrected chi connectivity index (χ4v) is 1.17. The number of halogens is 1. The molecule has 0 N–H and O–H groups in total. The van der Waals surface area contributed by atoms with Gasteiger partial charge in [0.05, 0.1) is 7.11 Å². The van der Waals surface area contributed by atoms with Crippen molar-refractivity contribution in [1.82, 2.24) is 0 Å². The van der Waals surface area contributed by atoms with Crippen molar-refractivity contribution in [3.05, 3.63) is 40.7 Å². The maximum atomic E-state index is 13.0. The van der Waals surface area contributed by atoms with Crippen LogP contribution in [0.3, 0.4) is 0 Å². The highest BCUT2D eigenvalue weighted by Gasteiger charge is 2.08. The summed E-state index contributed by atoms with van der Waals surface area (Å²) in [5, 5.41) is 8.72. The third-order valence-electron chi connectivity index (χ3n) is 2.02. The molecule has 0 aromatic heterocycles. The molecule has 0 spiro atoms. The van der Waals surface area contributed by atoms with Crippen LogP contribution in [0.2, 0.25) is 0 Å². The fraction of sp³-hybridized carbons (Fsp3) is 0.167. The zero-order chi connectivity index (χ0) is 12.1. The van der Waals surface area contributed by atoms with Crippen molar-refractivity contribution < 1.29 is 13.9 Å². The van der Waals surface area contributed by atoms with Crippen LogP contribution in [0.1, 0.15) is 11.1 Å². The van der Waals surface area contributed by atoms with E-state index < -0.39 is 5.97 Å². The molecule has 16 heavy (non-hydrogen) atoms. The second-order valence-electron chi connectivity index (χ2n) is 3.17. The zero-order valence-corrected chi connectivity index (χ0v) is 8.95. The standard InChI is InChI=1S/C12H10FNO2/c1-8-5-9(3-4-11(8)13)6-10(7-14)12(15)16-2/h3-6H,1-2H3. The second kappa shape index (κ2) is 5.08. The van der Waals surface area contributed by atoms with Crippen LogP contribution >= 0.6 is 0 Å². The molecule has 3 nitrogen and oxygen atoms in total. The van der Waals surface area contributed by atoms with Gasteiger partial charge in [-0.25, -0.2) is 9.18 Å². The Morgan fingerprint density at radius 3 is 2.75 bits per heavy atom. The topological polar surface area (TPSA) is 50.1 Å². The number of nitrogens with zero attached hydrogens (tertiary/aromatic N) is 1. The maximum absolute atomic E-state index is 13.0. The van der Waals surface area contributed by atoms with E-state index in [1.165, 1.54) is 25.3 Å². The number of ether oxygens (including phenoxy) is 1. The van der Waals surface area contributed by atoms with Crippen LogP contribution in [0, 0.1) is 24.1 Å². The molecule has 0 heterocycles. The van der Waals surface area contributed by atoms with Gasteiger partial charge < -0.3 is 4.74 Å². The second-order valence-corrected chi connectivity index (χ2v) is 3.17. The Kier molecular flexibility index (Phi) is 3.78. The lowest BCUT2D eigenvalue weighted by Crippen LogP contribution is -2.02. The summed E-state index contributed by atoms with van der Waals surface area (Å²) in [5.41, 5.74) is 0.922. The zero-order valence-electron chi connectivity index (χ0n) is 8.95. The van der Waals surface area contributed by atoms with Gasteiger partial charge >= 0.3 is 5.97 Å². The van der Waals surface area contributed by atoms with Gasteiger partial charge in [0.2, 0.25) is 0 Å². The highest BCUT2D eigenvalue weighted by atomic mass is 19.1. The molecule has 0 bridgehead atoms. The van der Waals surface area contributed by atoms with Gasteiger partial charge in [-0.1, -0.05) is 6.07 Å². The van der Waals surface area contributed by atoms with Crippen LogP contribution in [0.25, 0.3) is 6.08 Å². The van der Waals surface area contributed by atoms with Crippen molar-refractivity contribution in [2.24, 2.45) is 0 Å². The Balaban J connectivity index is 3.10. The van der Waals surface area contributed by atoms with Gasteiger partial charge in [-0.2, -0.15) is 5.26 Å². The monoisotopic (exact) mass is 219 g/mol. The Labute approximate surface area is 92.8 Å². The lowest BCUT2D eigenvalue weighted by molar-refractivity contribution is -0.135. The molecule has 0 aliphatic heterocycles. The van der Waals surface area contributed by atoms with E-state index >= 15 is 0 Å². The van der Waals surface area contributed by atoms with Gasteiger partial charge in [0.25, 0.3) is 0 Å². The first kappa shape index (κ1) is 11.9. The number of carbonyl (C=O) groups excluding carboxylic acids is 1. The van der Waals surface area contributed by atoms with E-state index in [4.69, 9.17) is 5.26 Å². The summed E-state index contributed by atoms with van der Waals surface area (Å²) >= 11 is 0. The van der Waals surface area contributed by atoms with Gasteiger partial charge in [0.1, 0.15) is 17.5 Å². The van der Waals surface area contributed by atoms with Crippen molar-refractivity contribution in [2.45, 2.75) is 6.92 Å². The van der Waals surface area contributed by atoms with Crippen molar-refractivity contribution in [1.29, 1.82) is 5.26 Å². The Hall–Kier alpha value is -2.15. The van der Waals surface area contributed by atoms with E-state index in [1.807, 2.05) is 0 Å².